The Morgan fingerprint density at radius 2 is 1.86 bits per heavy atom. The number of aromatic nitrogens is 2. The molecule has 28 heavy (non-hydrogen) atoms. The van der Waals surface area contributed by atoms with Gasteiger partial charge in [-0.1, -0.05) is 42.5 Å². The van der Waals surface area contributed by atoms with Crippen molar-refractivity contribution < 1.29 is 14.7 Å². The SMILES string of the molecule is CC(C)(C)n1cc(C(=O)NCC(Cc2cccc3ccccc23)C(=O)O)cn1. The normalized spacial score (nSPS) is 12.7. The molecule has 2 aromatic carbocycles. The van der Waals surface area contributed by atoms with Crippen LogP contribution in [0.3, 0.4) is 0 Å². The molecule has 1 atom stereocenters. The van der Waals surface area contributed by atoms with E-state index < -0.39 is 11.9 Å². The molecule has 0 aliphatic carbocycles. The van der Waals surface area contributed by atoms with Gasteiger partial charge in [0.05, 0.1) is 23.2 Å². The lowest BCUT2D eigenvalue weighted by atomic mass is 9.94. The van der Waals surface area contributed by atoms with Crippen molar-refractivity contribution in [1.82, 2.24) is 15.1 Å². The molecule has 0 fully saturated rings. The van der Waals surface area contributed by atoms with E-state index in [4.69, 9.17) is 0 Å². The predicted molar refractivity (Wildman–Crippen MR) is 108 cm³/mol. The zero-order chi connectivity index (χ0) is 20.3. The molecular weight excluding hydrogens is 354 g/mol. The summed E-state index contributed by atoms with van der Waals surface area (Å²) < 4.78 is 1.71. The van der Waals surface area contributed by atoms with Crippen molar-refractivity contribution in [2.75, 3.05) is 6.54 Å². The number of carboxylic acids is 1. The number of carbonyl (C=O) groups is 2. The van der Waals surface area contributed by atoms with Gasteiger partial charge in [0.15, 0.2) is 0 Å². The summed E-state index contributed by atoms with van der Waals surface area (Å²) in [7, 11) is 0. The zero-order valence-corrected chi connectivity index (χ0v) is 16.3. The Labute approximate surface area is 164 Å². The fourth-order valence-corrected chi connectivity index (χ4v) is 3.11. The van der Waals surface area contributed by atoms with Crippen LogP contribution in [0, 0.1) is 5.92 Å². The first kappa shape index (κ1) is 19.6. The second-order valence-electron chi connectivity index (χ2n) is 7.93. The van der Waals surface area contributed by atoms with Gasteiger partial charge >= 0.3 is 5.97 Å². The van der Waals surface area contributed by atoms with Gasteiger partial charge in [-0.25, -0.2) is 0 Å². The summed E-state index contributed by atoms with van der Waals surface area (Å²) in [6, 6.07) is 13.8. The third-order valence-electron chi connectivity index (χ3n) is 4.74. The molecule has 0 saturated carbocycles. The van der Waals surface area contributed by atoms with Gasteiger partial charge in [-0.3, -0.25) is 14.3 Å². The monoisotopic (exact) mass is 379 g/mol. The van der Waals surface area contributed by atoms with E-state index in [0.717, 1.165) is 16.3 Å². The zero-order valence-electron chi connectivity index (χ0n) is 16.3. The minimum atomic E-state index is -0.932. The Balaban J connectivity index is 1.71. The number of aliphatic carboxylic acids is 1. The van der Waals surface area contributed by atoms with Crippen LogP contribution < -0.4 is 5.32 Å². The Morgan fingerprint density at radius 3 is 2.54 bits per heavy atom. The number of fused-ring (bicyclic) bond motifs is 1. The molecule has 2 N–H and O–H groups in total. The van der Waals surface area contributed by atoms with Crippen molar-refractivity contribution >= 4 is 22.6 Å². The number of hydrogen-bond donors (Lipinski definition) is 2. The largest absolute Gasteiger partial charge is 0.481 e. The molecule has 0 aliphatic rings. The summed E-state index contributed by atoms with van der Waals surface area (Å²) in [4.78, 5) is 24.2. The summed E-state index contributed by atoms with van der Waals surface area (Å²) in [5.41, 5.74) is 1.15. The van der Waals surface area contributed by atoms with E-state index in [1.807, 2.05) is 63.2 Å². The second kappa shape index (κ2) is 7.84. The minimum Gasteiger partial charge on any atom is -0.481 e. The van der Waals surface area contributed by atoms with Gasteiger partial charge in [0.2, 0.25) is 0 Å². The van der Waals surface area contributed by atoms with Gasteiger partial charge in [-0.15, -0.1) is 0 Å². The maximum atomic E-state index is 12.4. The smallest absolute Gasteiger partial charge is 0.308 e. The molecule has 1 heterocycles. The van der Waals surface area contributed by atoms with Crippen LogP contribution in [0.4, 0.5) is 0 Å². The number of nitrogens with zero attached hydrogens (tertiary/aromatic N) is 2. The fraction of sp³-hybridized carbons (Fsp3) is 0.318. The van der Waals surface area contributed by atoms with Crippen molar-refractivity contribution in [2.24, 2.45) is 5.92 Å². The summed E-state index contributed by atoms with van der Waals surface area (Å²) in [5, 5.41) is 18.7. The van der Waals surface area contributed by atoms with Crippen molar-refractivity contribution in [3.05, 3.63) is 66.0 Å². The molecule has 0 spiro atoms. The molecule has 1 aromatic heterocycles. The predicted octanol–water partition coefficient (Wildman–Crippen LogP) is 3.46. The highest BCUT2D eigenvalue weighted by atomic mass is 16.4. The average Bonchev–Trinajstić information content (AvgIpc) is 3.15. The highest BCUT2D eigenvalue weighted by molar-refractivity contribution is 5.94. The van der Waals surface area contributed by atoms with E-state index in [1.165, 1.54) is 6.20 Å². The third kappa shape index (κ3) is 4.39. The molecule has 6 nitrogen and oxygen atoms in total. The van der Waals surface area contributed by atoms with Crippen molar-refractivity contribution in [3.8, 4) is 0 Å². The Kier molecular flexibility index (Phi) is 5.49. The molecule has 1 unspecified atom stereocenters. The van der Waals surface area contributed by atoms with Crippen LogP contribution in [0.5, 0.6) is 0 Å². The van der Waals surface area contributed by atoms with Gasteiger partial charge in [-0.05, 0) is 43.5 Å². The maximum absolute atomic E-state index is 12.4. The summed E-state index contributed by atoms with van der Waals surface area (Å²) in [6.45, 7) is 6.03. The number of amides is 1. The number of carboxylic acid groups (broad SMARTS) is 1. The topological polar surface area (TPSA) is 84.2 Å². The van der Waals surface area contributed by atoms with Gasteiger partial charge in [0.25, 0.3) is 5.91 Å². The minimum absolute atomic E-state index is 0.0537. The van der Waals surface area contributed by atoms with Crippen LogP contribution >= 0.6 is 0 Å². The Bertz CT molecular complexity index is 996. The fourth-order valence-electron chi connectivity index (χ4n) is 3.11. The van der Waals surface area contributed by atoms with E-state index in [2.05, 4.69) is 10.4 Å². The van der Waals surface area contributed by atoms with E-state index >= 15 is 0 Å². The number of carbonyl (C=O) groups excluding carboxylic acids is 1. The van der Waals surface area contributed by atoms with Crippen LogP contribution in [0.15, 0.2) is 54.9 Å². The highest BCUT2D eigenvalue weighted by Gasteiger charge is 2.22. The van der Waals surface area contributed by atoms with Crippen LogP contribution in [-0.4, -0.2) is 33.3 Å². The number of benzene rings is 2. The van der Waals surface area contributed by atoms with Gasteiger partial charge < -0.3 is 10.4 Å². The maximum Gasteiger partial charge on any atom is 0.308 e. The Morgan fingerprint density at radius 1 is 1.14 bits per heavy atom. The lowest BCUT2D eigenvalue weighted by molar-refractivity contribution is -0.141. The lowest BCUT2D eigenvalue weighted by Gasteiger charge is -2.18. The molecule has 0 saturated heterocycles. The van der Waals surface area contributed by atoms with E-state index in [1.54, 1.807) is 10.9 Å². The molecule has 0 aliphatic heterocycles. The van der Waals surface area contributed by atoms with Crippen molar-refractivity contribution in [1.29, 1.82) is 0 Å². The molecular formula is C22H25N3O3. The standard InChI is InChI=1S/C22H25N3O3/c1-22(2,3)25-14-18(13-24-25)20(26)23-12-17(21(27)28)11-16-9-6-8-15-7-4-5-10-19(15)16/h4-10,13-14,17H,11-12H2,1-3H3,(H,23,26)(H,27,28). The molecule has 1 amide bonds. The molecule has 146 valence electrons. The summed E-state index contributed by atoms with van der Waals surface area (Å²) in [5.74, 6) is -1.97. The van der Waals surface area contributed by atoms with Crippen LogP contribution in [0.2, 0.25) is 0 Å². The quantitative estimate of drug-likeness (QED) is 0.687. The third-order valence-corrected chi connectivity index (χ3v) is 4.74. The first-order chi connectivity index (χ1) is 13.3. The van der Waals surface area contributed by atoms with Crippen molar-refractivity contribution in [3.63, 3.8) is 0 Å². The number of rotatable bonds is 6. The second-order valence-corrected chi connectivity index (χ2v) is 7.93. The average molecular weight is 379 g/mol. The molecule has 0 bridgehead atoms. The number of hydrogen-bond acceptors (Lipinski definition) is 3. The van der Waals surface area contributed by atoms with E-state index in [-0.39, 0.29) is 18.0 Å². The van der Waals surface area contributed by atoms with E-state index in [0.29, 0.717) is 12.0 Å². The molecule has 3 rings (SSSR count). The van der Waals surface area contributed by atoms with Crippen LogP contribution in [0.1, 0.15) is 36.7 Å². The van der Waals surface area contributed by atoms with Crippen molar-refractivity contribution in [2.45, 2.75) is 32.7 Å². The summed E-state index contributed by atoms with van der Waals surface area (Å²) >= 11 is 0. The van der Waals surface area contributed by atoms with Gasteiger partial charge in [0, 0.05) is 12.7 Å². The first-order valence-corrected chi connectivity index (χ1v) is 9.28. The van der Waals surface area contributed by atoms with Crippen LogP contribution in [-0.2, 0) is 16.8 Å². The first-order valence-electron chi connectivity index (χ1n) is 9.28. The van der Waals surface area contributed by atoms with Gasteiger partial charge in [0.1, 0.15) is 0 Å². The summed E-state index contributed by atoms with van der Waals surface area (Å²) in [6.07, 6.45) is 3.52. The van der Waals surface area contributed by atoms with Crippen LogP contribution in [0.25, 0.3) is 10.8 Å². The van der Waals surface area contributed by atoms with Gasteiger partial charge in [-0.2, -0.15) is 5.10 Å². The highest BCUT2D eigenvalue weighted by Crippen LogP contribution is 2.21. The number of nitrogens with one attached hydrogen (secondary N) is 1. The molecule has 3 aromatic rings. The van der Waals surface area contributed by atoms with E-state index in [9.17, 15) is 14.7 Å². The lowest BCUT2D eigenvalue weighted by Crippen LogP contribution is -2.34. The Hall–Kier alpha value is -3.15. The molecule has 0 radical (unpaired) electrons. The molecule has 6 heteroatoms.